The minimum Gasteiger partial charge on any atom is -0.368 e. The highest BCUT2D eigenvalue weighted by Gasteiger charge is 2.32. The standard InChI is InChI=1S/C13H25F3N4O/c1-2-4-18-11(12(17)21)3-5-19-6-8-20(9-7-19)10-13(14,15)16/h11,18H,2-10H2,1H3,(H2,17,21). The van der Waals surface area contributed by atoms with Gasteiger partial charge in [-0.3, -0.25) is 9.69 Å². The van der Waals surface area contributed by atoms with E-state index in [1.165, 1.54) is 4.90 Å². The van der Waals surface area contributed by atoms with Crippen LogP contribution in [0.15, 0.2) is 0 Å². The molecule has 5 nitrogen and oxygen atoms in total. The fraction of sp³-hybridized carbons (Fsp3) is 0.923. The number of nitrogens with zero attached hydrogens (tertiary/aromatic N) is 2. The van der Waals surface area contributed by atoms with Crippen molar-refractivity contribution in [3.8, 4) is 0 Å². The molecule has 124 valence electrons. The number of halogens is 3. The Morgan fingerprint density at radius 1 is 1.24 bits per heavy atom. The summed E-state index contributed by atoms with van der Waals surface area (Å²) in [5, 5.41) is 3.09. The average molecular weight is 310 g/mol. The van der Waals surface area contributed by atoms with Crippen LogP contribution in [0.4, 0.5) is 13.2 Å². The normalized spacial score (nSPS) is 19.6. The van der Waals surface area contributed by atoms with Gasteiger partial charge in [-0.15, -0.1) is 0 Å². The summed E-state index contributed by atoms with van der Waals surface area (Å²) in [4.78, 5) is 14.8. The van der Waals surface area contributed by atoms with Crippen molar-refractivity contribution in [2.75, 3.05) is 45.8 Å². The molecule has 0 aliphatic carbocycles. The van der Waals surface area contributed by atoms with Gasteiger partial charge in [0.25, 0.3) is 0 Å². The molecule has 1 amide bonds. The third-order valence-corrected chi connectivity index (χ3v) is 3.59. The van der Waals surface area contributed by atoms with Crippen LogP contribution in [0.25, 0.3) is 0 Å². The molecule has 8 heteroatoms. The predicted octanol–water partition coefficient (Wildman–Crippen LogP) is 0.410. The molecule has 1 aliphatic rings. The Kier molecular flexibility index (Phi) is 7.41. The number of hydrogen-bond acceptors (Lipinski definition) is 4. The quantitative estimate of drug-likeness (QED) is 0.682. The van der Waals surface area contributed by atoms with Gasteiger partial charge in [0.05, 0.1) is 12.6 Å². The Morgan fingerprint density at radius 3 is 2.29 bits per heavy atom. The van der Waals surface area contributed by atoms with Gasteiger partial charge in [0, 0.05) is 32.7 Å². The SMILES string of the molecule is CCCNC(CCN1CCN(CC(F)(F)F)CC1)C(N)=O. The number of nitrogens with two attached hydrogens (primary N) is 1. The lowest BCUT2D eigenvalue weighted by Crippen LogP contribution is -2.50. The maximum absolute atomic E-state index is 12.3. The second-order valence-corrected chi connectivity index (χ2v) is 5.43. The summed E-state index contributed by atoms with van der Waals surface area (Å²) >= 11 is 0. The van der Waals surface area contributed by atoms with Gasteiger partial charge in [0.2, 0.25) is 5.91 Å². The van der Waals surface area contributed by atoms with E-state index in [0.717, 1.165) is 13.0 Å². The van der Waals surface area contributed by atoms with Crippen molar-refractivity contribution in [1.82, 2.24) is 15.1 Å². The van der Waals surface area contributed by atoms with Crippen LogP contribution in [-0.4, -0.2) is 73.7 Å². The number of rotatable bonds is 8. The van der Waals surface area contributed by atoms with E-state index in [2.05, 4.69) is 10.2 Å². The molecule has 0 aromatic carbocycles. The molecule has 0 aromatic heterocycles. The van der Waals surface area contributed by atoms with E-state index in [0.29, 0.717) is 39.1 Å². The molecule has 1 saturated heterocycles. The van der Waals surface area contributed by atoms with E-state index in [1.807, 2.05) is 6.92 Å². The van der Waals surface area contributed by atoms with Crippen molar-refractivity contribution >= 4 is 5.91 Å². The second kappa shape index (κ2) is 8.55. The highest BCUT2D eigenvalue weighted by Crippen LogP contribution is 2.17. The Morgan fingerprint density at radius 2 is 1.81 bits per heavy atom. The molecule has 0 radical (unpaired) electrons. The number of piperazine rings is 1. The lowest BCUT2D eigenvalue weighted by Gasteiger charge is -2.35. The van der Waals surface area contributed by atoms with Gasteiger partial charge in [-0.2, -0.15) is 13.2 Å². The number of hydrogen-bond donors (Lipinski definition) is 2. The lowest BCUT2D eigenvalue weighted by atomic mass is 10.1. The lowest BCUT2D eigenvalue weighted by molar-refractivity contribution is -0.149. The number of amides is 1. The van der Waals surface area contributed by atoms with Crippen molar-refractivity contribution in [1.29, 1.82) is 0 Å². The number of carbonyl (C=O) groups is 1. The largest absolute Gasteiger partial charge is 0.401 e. The minimum atomic E-state index is -4.14. The molecule has 21 heavy (non-hydrogen) atoms. The van der Waals surface area contributed by atoms with E-state index in [1.54, 1.807) is 0 Å². The van der Waals surface area contributed by atoms with Crippen molar-refractivity contribution in [2.45, 2.75) is 32.0 Å². The Hall–Kier alpha value is -0.860. The zero-order valence-corrected chi connectivity index (χ0v) is 12.5. The molecule has 1 atom stereocenters. The van der Waals surface area contributed by atoms with Gasteiger partial charge in [0.1, 0.15) is 0 Å². The zero-order chi connectivity index (χ0) is 15.9. The van der Waals surface area contributed by atoms with E-state index in [4.69, 9.17) is 5.73 Å². The summed E-state index contributed by atoms with van der Waals surface area (Å²) in [5.74, 6) is -0.376. The molecule has 0 spiro atoms. The molecule has 0 saturated carbocycles. The number of carbonyl (C=O) groups excluding carboxylic acids is 1. The summed E-state index contributed by atoms with van der Waals surface area (Å²) in [5.41, 5.74) is 5.33. The van der Waals surface area contributed by atoms with Crippen molar-refractivity contribution < 1.29 is 18.0 Å². The van der Waals surface area contributed by atoms with Crippen LogP contribution >= 0.6 is 0 Å². The molecular weight excluding hydrogens is 285 g/mol. The van der Waals surface area contributed by atoms with Crippen LogP contribution in [0.1, 0.15) is 19.8 Å². The zero-order valence-electron chi connectivity index (χ0n) is 12.5. The van der Waals surface area contributed by atoms with E-state index in [-0.39, 0.29) is 11.9 Å². The van der Waals surface area contributed by atoms with Gasteiger partial charge >= 0.3 is 6.18 Å². The van der Waals surface area contributed by atoms with E-state index >= 15 is 0 Å². The van der Waals surface area contributed by atoms with Crippen molar-refractivity contribution in [3.05, 3.63) is 0 Å². The van der Waals surface area contributed by atoms with Gasteiger partial charge < -0.3 is 16.0 Å². The molecule has 1 heterocycles. The van der Waals surface area contributed by atoms with Crippen LogP contribution in [0.5, 0.6) is 0 Å². The maximum atomic E-state index is 12.3. The Balaban J connectivity index is 2.27. The first-order valence-electron chi connectivity index (χ1n) is 7.36. The highest BCUT2D eigenvalue weighted by molar-refractivity contribution is 5.79. The van der Waals surface area contributed by atoms with E-state index in [9.17, 15) is 18.0 Å². The molecule has 1 rings (SSSR count). The molecule has 1 fully saturated rings. The van der Waals surface area contributed by atoms with Crippen LogP contribution in [0.2, 0.25) is 0 Å². The first-order valence-corrected chi connectivity index (χ1v) is 7.36. The number of primary amides is 1. The van der Waals surface area contributed by atoms with Gasteiger partial charge in [-0.25, -0.2) is 0 Å². The summed E-state index contributed by atoms with van der Waals surface area (Å²) in [6.45, 7) is 4.56. The molecule has 1 aliphatic heterocycles. The summed E-state index contributed by atoms with van der Waals surface area (Å²) in [6, 6.07) is -0.363. The summed E-state index contributed by atoms with van der Waals surface area (Å²) in [6.07, 6.45) is -2.63. The fourth-order valence-corrected chi connectivity index (χ4v) is 2.40. The molecule has 1 unspecified atom stereocenters. The molecular formula is C13H25F3N4O. The smallest absolute Gasteiger partial charge is 0.368 e. The van der Waals surface area contributed by atoms with Crippen molar-refractivity contribution in [3.63, 3.8) is 0 Å². The van der Waals surface area contributed by atoms with E-state index < -0.39 is 12.7 Å². The van der Waals surface area contributed by atoms with Crippen LogP contribution < -0.4 is 11.1 Å². The van der Waals surface area contributed by atoms with Gasteiger partial charge in [-0.1, -0.05) is 6.92 Å². The van der Waals surface area contributed by atoms with Gasteiger partial charge in [-0.05, 0) is 19.4 Å². The highest BCUT2D eigenvalue weighted by atomic mass is 19.4. The second-order valence-electron chi connectivity index (χ2n) is 5.43. The third-order valence-electron chi connectivity index (χ3n) is 3.59. The summed E-state index contributed by atoms with van der Waals surface area (Å²) < 4.78 is 36.9. The predicted molar refractivity (Wildman–Crippen MR) is 74.8 cm³/mol. The van der Waals surface area contributed by atoms with Crippen LogP contribution in [0, 0.1) is 0 Å². The van der Waals surface area contributed by atoms with Crippen LogP contribution in [0.3, 0.4) is 0 Å². The molecule has 3 N–H and O–H groups in total. The fourth-order valence-electron chi connectivity index (χ4n) is 2.40. The Bertz CT molecular complexity index is 317. The first kappa shape index (κ1) is 18.2. The van der Waals surface area contributed by atoms with Gasteiger partial charge in [0.15, 0.2) is 0 Å². The average Bonchev–Trinajstić information content (AvgIpc) is 2.38. The maximum Gasteiger partial charge on any atom is 0.401 e. The third kappa shape index (κ3) is 7.63. The Labute approximate surface area is 123 Å². The number of nitrogens with one attached hydrogen (secondary N) is 1. The molecule has 0 bridgehead atoms. The monoisotopic (exact) mass is 310 g/mol. The minimum absolute atomic E-state index is 0.363. The van der Waals surface area contributed by atoms with Crippen molar-refractivity contribution in [2.24, 2.45) is 5.73 Å². The first-order chi connectivity index (χ1) is 9.81. The molecule has 0 aromatic rings. The topological polar surface area (TPSA) is 61.6 Å². The summed E-state index contributed by atoms with van der Waals surface area (Å²) in [7, 11) is 0. The van der Waals surface area contributed by atoms with Crippen LogP contribution in [-0.2, 0) is 4.79 Å². The number of alkyl halides is 3.